The van der Waals surface area contributed by atoms with Crippen LogP contribution in [0, 0.1) is 6.92 Å². The number of aromatic hydroxyl groups is 1. The summed E-state index contributed by atoms with van der Waals surface area (Å²) in [4.78, 5) is 12.8. The molecule has 0 saturated carbocycles. The maximum absolute atomic E-state index is 13.3. The Kier molecular flexibility index (Phi) is 15.1. The fraction of sp³-hybridized carbons (Fsp3) is 0.0476. The Morgan fingerprint density at radius 3 is 1.84 bits per heavy atom. The predicted octanol–water partition coefficient (Wildman–Crippen LogP) is 8.33. The van der Waals surface area contributed by atoms with Crippen LogP contribution in [0.4, 0.5) is 34.1 Å². The van der Waals surface area contributed by atoms with E-state index in [-0.39, 0.29) is 95.6 Å². The van der Waals surface area contributed by atoms with Crippen LogP contribution in [-0.2, 0) is 40.5 Å². The van der Waals surface area contributed by atoms with Gasteiger partial charge >= 0.3 is 16.1 Å². The monoisotopic (exact) mass is 1040 g/mol. The molecule has 0 unspecified atom stereocenters. The van der Waals surface area contributed by atoms with Gasteiger partial charge < -0.3 is 29.6 Å². The first-order valence-electron chi connectivity index (χ1n) is 19.1. The number of nitrogens with zero attached hydrogens (tertiary/aromatic N) is 5. The maximum Gasteiger partial charge on any atom is 0.339 e. The SMILES string of the molecule is COc1cc(N=Nc2cc(S(=O)(=O)O)cc3cc(S(=O)(=O)O)cc(OS(=O)(=O)c4ccccc4)c23)c(C)cc1N=C(O)Nc1ccc2c(O)c(N=Nc3ccccc3C(=O)O)c(S(=O)(=O)O)cc2c1.[Na]. The number of carboxylic acids is 1. The van der Waals surface area contributed by atoms with Crippen LogP contribution in [0.3, 0.4) is 0 Å². The second-order valence-electron chi connectivity index (χ2n) is 14.3. The van der Waals surface area contributed by atoms with Crippen LogP contribution >= 0.6 is 0 Å². The number of hydrogen-bond donors (Lipinski definition) is 7. The number of nitrogens with one attached hydrogen (secondary N) is 1. The van der Waals surface area contributed by atoms with Gasteiger partial charge in [0, 0.05) is 52.8 Å². The summed E-state index contributed by atoms with van der Waals surface area (Å²) < 4.78 is 141. The number of fused-ring (bicyclic) bond motifs is 2. The second kappa shape index (κ2) is 20.2. The quantitative estimate of drug-likeness (QED) is 0.0134. The summed E-state index contributed by atoms with van der Waals surface area (Å²) in [6.45, 7) is 1.52. The number of phenols is 1. The van der Waals surface area contributed by atoms with Crippen LogP contribution in [-0.4, -0.2) is 111 Å². The van der Waals surface area contributed by atoms with E-state index in [2.05, 4.69) is 30.8 Å². The molecule has 0 spiro atoms. The van der Waals surface area contributed by atoms with E-state index < -0.39 is 90.0 Å². The fourth-order valence-electron chi connectivity index (χ4n) is 6.56. The zero-order valence-electron chi connectivity index (χ0n) is 36.0. The minimum absolute atomic E-state index is 0. The number of phenolic OH excluding ortho intramolecular Hbond substituents is 1. The molecule has 0 aromatic heterocycles. The number of aromatic carboxylic acids is 1. The summed E-state index contributed by atoms with van der Waals surface area (Å²) in [6, 6.07) is 21.9. The number of rotatable bonds is 14. The predicted molar refractivity (Wildman–Crippen MR) is 252 cm³/mol. The first-order valence-corrected chi connectivity index (χ1v) is 24.8. The molecule has 7 N–H and O–H groups in total. The van der Waals surface area contributed by atoms with Crippen molar-refractivity contribution in [3.05, 3.63) is 126 Å². The Morgan fingerprint density at radius 1 is 0.600 bits per heavy atom. The Balaban J connectivity index is 0.00000804. The number of carbonyl (C=O) groups is 1. The van der Waals surface area contributed by atoms with Crippen LogP contribution < -0.4 is 14.2 Å². The van der Waals surface area contributed by atoms with Crippen molar-refractivity contribution >= 4 is 138 Å². The van der Waals surface area contributed by atoms with E-state index in [9.17, 15) is 67.4 Å². The number of aliphatic hydroxyl groups excluding tert-OH is 1. The van der Waals surface area contributed by atoms with Gasteiger partial charge in [-0.3, -0.25) is 13.7 Å². The first-order chi connectivity index (χ1) is 32.3. The van der Waals surface area contributed by atoms with Gasteiger partial charge in [-0.15, -0.1) is 15.3 Å². The summed E-state index contributed by atoms with van der Waals surface area (Å²) in [5, 5.41) is 49.2. The molecule has 23 nitrogen and oxygen atoms in total. The van der Waals surface area contributed by atoms with E-state index in [1.54, 1.807) is 0 Å². The number of azo groups is 2. The molecule has 0 atom stereocenters. The first kappa shape index (κ1) is 52.5. The molecule has 0 heterocycles. The topological polar surface area (TPSA) is 367 Å². The van der Waals surface area contributed by atoms with E-state index in [4.69, 9.17) is 8.92 Å². The van der Waals surface area contributed by atoms with Crippen LogP contribution in [0.15, 0.2) is 160 Å². The van der Waals surface area contributed by atoms with Gasteiger partial charge in [-0.1, -0.05) is 30.3 Å². The number of aryl methyl sites for hydroxylation is 1. The van der Waals surface area contributed by atoms with Crippen LogP contribution in [0.25, 0.3) is 21.5 Å². The summed E-state index contributed by atoms with van der Waals surface area (Å²) in [5.41, 5.74) is -1.22. The molecule has 28 heteroatoms. The number of carboxylic acid groups (broad SMARTS) is 1. The normalized spacial score (nSPS) is 12.6. The van der Waals surface area contributed by atoms with Crippen molar-refractivity contribution in [3.63, 3.8) is 0 Å². The number of anilines is 1. The standard InChI is InChI=1S/C42H32N6O17S4.Na/c1-22-14-33(44-42(52)43-25-12-13-29-23(15-25)18-37(68(59,60)61)39(40(29)49)48-45-31-11-7-6-10-30(31)41(50)51)35(64-2)21-32(22)46-47-34-19-27(66(53,54)55)16-24-17-28(67(56,57)58)20-36(38(24)34)65-69(62,63)26-8-4-3-5-9-26;/h3-21,49H,1-2H3,(H,50,51)(H2,43,44,52)(H,53,54,55)(H,56,57,58)(H,59,60,61);. The minimum Gasteiger partial charge on any atom is -0.505 e. The molecule has 7 rings (SSSR count). The summed E-state index contributed by atoms with van der Waals surface area (Å²) in [7, 11) is -18.7. The van der Waals surface area contributed by atoms with Crippen molar-refractivity contribution in [2.45, 2.75) is 26.5 Å². The molecule has 0 aliphatic carbocycles. The van der Waals surface area contributed by atoms with E-state index in [1.807, 2.05) is 0 Å². The average molecular weight is 1040 g/mol. The number of aliphatic hydroxyl groups is 1. The van der Waals surface area contributed by atoms with Crippen molar-refractivity contribution in [3.8, 4) is 17.2 Å². The molecule has 1 radical (unpaired) electrons. The molecule has 0 fully saturated rings. The summed E-state index contributed by atoms with van der Waals surface area (Å²) in [6.07, 6.45) is 0. The van der Waals surface area contributed by atoms with Gasteiger partial charge in [0.2, 0.25) is 0 Å². The third kappa shape index (κ3) is 11.6. The fourth-order valence-corrected chi connectivity index (χ4v) is 9.24. The number of amidine groups is 1. The molecule has 0 amide bonds. The Morgan fingerprint density at radius 2 is 1.21 bits per heavy atom. The van der Waals surface area contributed by atoms with E-state index in [1.165, 1.54) is 99.0 Å². The molecular formula is C42H32N6NaO17S4. The molecule has 7 aromatic carbocycles. The van der Waals surface area contributed by atoms with Gasteiger partial charge in [0.25, 0.3) is 36.4 Å². The number of benzene rings is 7. The van der Waals surface area contributed by atoms with E-state index in [0.29, 0.717) is 6.07 Å². The van der Waals surface area contributed by atoms with Gasteiger partial charge in [-0.25, -0.2) is 4.79 Å². The number of ether oxygens (including phenoxy) is 1. The van der Waals surface area contributed by atoms with Crippen LogP contribution in [0.2, 0.25) is 0 Å². The van der Waals surface area contributed by atoms with Crippen LogP contribution in [0.5, 0.6) is 17.2 Å². The van der Waals surface area contributed by atoms with E-state index in [0.717, 1.165) is 24.3 Å². The molecule has 0 bridgehead atoms. The number of aliphatic imine (C=N–C) groups is 1. The van der Waals surface area contributed by atoms with Crippen molar-refractivity contribution in [1.82, 2.24) is 0 Å². The third-order valence-electron chi connectivity index (χ3n) is 9.73. The number of methoxy groups -OCH3 is 1. The van der Waals surface area contributed by atoms with Crippen LogP contribution in [0.1, 0.15) is 15.9 Å². The number of hydrogen-bond acceptors (Lipinski definition) is 17. The largest absolute Gasteiger partial charge is 0.505 e. The van der Waals surface area contributed by atoms with Gasteiger partial charge in [-0.2, -0.15) is 43.8 Å². The second-order valence-corrected chi connectivity index (χ2v) is 20.1. The maximum atomic E-state index is 13.3. The van der Waals surface area contributed by atoms with Gasteiger partial charge in [0.1, 0.15) is 32.6 Å². The molecule has 0 aliphatic rings. The molecule has 0 aliphatic heterocycles. The van der Waals surface area contributed by atoms with Crippen molar-refractivity contribution < 1.29 is 76.4 Å². The molecular weight excluding hydrogens is 1010 g/mol. The Labute approximate surface area is 419 Å². The molecule has 0 saturated heterocycles. The summed E-state index contributed by atoms with van der Waals surface area (Å²) >= 11 is 0. The Bertz CT molecular complexity index is 3830. The van der Waals surface area contributed by atoms with Crippen molar-refractivity contribution in [2.75, 3.05) is 12.4 Å². The molecule has 7 aromatic rings. The zero-order valence-corrected chi connectivity index (χ0v) is 41.3. The molecule has 357 valence electrons. The molecule has 70 heavy (non-hydrogen) atoms. The summed E-state index contributed by atoms with van der Waals surface area (Å²) in [5.74, 6) is -2.86. The van der Waals surface area contributed by atoms with Crippen molar-refractivity contribution in [1.29, 1.82) is 0 Å². The van der Waals surface area contributed by atoms with Gasteiger partial charge in [0.15, 0.2) is 11.5 Å². The Hall–Kier alpha value is -6.92. The van der Waals surface area contributed by atoms with E-state index >= 15 is 0 Å². The average Bonchev–Trinajstić information content (AvgIpc) is 3.27. The zero-order chi connectivity index (χ0) is 50.2. The smallest absolute Gasteiger partial charge is 0.339 e. The van der Waals surface area contributed by atoms with Crippen molar-refractivity contribution in [2.24, 2.45) is 25.4 Å². The third-order valence-corrected chi connectivity index (χ3v) is 13.5. The van der Waals surface area contributed by atoms with Gasteiger partial charge in [-0.05, 0) is 96.1 Å². The van der Waals surface area contributed by atoms with Gasteiger partial charge in [0.05, 0.1) is 39.2 Å². The minimum atomic E-state index is -5.07.